The molecule has 4 rings (SSSR count). The Balaban J connectivity index is 1.41. The molecule has 0 spiro atoms. The molecule has 0 saturated heterocycles. The Morgan fingerprint density at radius 2 is 1.64 bits per heavy atom. The monoisotopic (exact) mass is 384 g/mol. The number of aliphatic imine (C=N–C) groups is 1. The zero-order chi connectivity index (χ0) is 19.6. The third-order valence-corrected chi connectivity index (χ3v) is 5.23. The molecule has 1 aliphatic heterocycles. The summed E-state index contributed by atoms with van der Waals surface area (Å²) in [5.41, 5.74) is 0.273. The number of amidine groups is 1. The highest BCUT2D eigenvalue weighted by molar-refractivity contribution is 5.76. The number of hydrogen-bond acceptors (Lipinski definition) is 7. The Bertz CT molecular complexity index is 816. The van der Waals surface area contributed by atoms with Crippen LogP contribution in [0, 0.1) is 0 Å². The lowest BCUT2D eigenvalue weighted by Gasteiger charge is -2.29. The van der Waals surface area contributed by atoms with Crippen LogP contribution in [0.15, 0.2) is 65.7 Å². The number of benzene rings is 2. The number of nitrogens with one attached hydrogen (secondary N) is 1. The summed E-state index contributed by atoms with van der Waals surface area (Å²) in [6, 6.07) is 18.7. The maximum absolute atomic E-state index is 11.0. The Hall–Kier alpha value is -2.45. The van der Waals surface area contributed by atoms with E-state index in [-0.39, 0.29) is 19.2 Å². The molecule has 5 atom stereocenters. The van der Waals surface area contributed by atoms with Crippen molar-refractivity contribution in [3.05, 3.63) is 71.8 Å². The largest absolute Gasteiger partial charge is 0.457 e. The van der Waals surface area contributed by atoms with Crippen LogP contribution in [0.25, 0.3) is 0 Å². The average Bonchev–Trinajstić information content (AvgIpc) is 3.23. The zero-order valence-electron chi connectivity index (χ0n) is 15.3. The van der Waals surface area contributed by atoms with Gasteiger partial charge in [-0.3, -0.25) is 0 Å². The molecular weight excluding hydrogens is 360 g/mol. The molecule has 2 aliphatic rings. The summed E-state index contributed by atoms with van der Waals surface area (Å²) < 4.78 is 11.3. The quantitative estimate of drug-likeness (QED) is 0.581. The van der Waals surface area contributed by atoms with E-state index >= 15 is 0 Å². The van der Waals surface area contributed by atoms with Gasteiger partial charge < -0.3 is 30.1 Å². The standard InChI is InChI=1S/C21H24N2O5/c24-16-17-18(23-20(28-17)22-11-14-7-3-1-4-8-14)21(26,19(16)25)13-27-12-15-9-5-2-6-10-15/h1-10,16-19,24-26H,11-13H2,(H,22,23)/t16-,17+,18+,19-,21-/m0/s1. The minimum absolute atomic E-state index is 0.167. The van der Waals surface area contributed by atoms with Crippen LogP contribution >= 0.6 is 0 Å². The molecule has 148 valence electrons. The smallest absolute Gasteiger partial charge is 0.285 e. The zero-order valence-corrected chi connectivity index (χ0v) is 15.3. The van der Waals surface area contributed by atoms with Gasteiger partial charge in [-0.15, -0.1) is 0 Å². The second-order valence-electron chi connectivity index (χ2n) is 7.21. The maximum Gasteiger partial charge on any atom is 0.285 e. The first-order valence-electron chi connectivity index (χ1n) is 9.30. The van der Waals surface area contributed by atoms with Crippen molar-refractivity contribution in [2.75, 3.05) is 6.61 Å². The summed E-state index contributed by atoms with van der Waals surface area (Å²) in [6.07, 6.45) is -3.48. The lowest BCUT2D eigenvalue weighted by Crippen LogP contribution is -2.51. The van der Waals surface area contributed by atoms with E-state index in [1.54, 1.807) is 0 Å². The molecule has 4 N–H and O–H groups in total. The number of ether oxygens (including phenoxy) is 2. The molecule has 1 heterocycles. The second kappa shape index (κ2) is 7.89. The number of aliphatic hydroxyl groups excluding tert-OH is 2. The van der Waals surface area contributed by atoms with Crippen molar-refractivity contribution in [3.8, 4) is 0 Å². The number of nitrogens with zero attached hydrogens (tertiary/aromatic N) is 1. The molecule has 0 radical (unpaired) electrons. The molecule has 0 amide bonds. The molecule has 28 heavy (non-hydrogen) atoms. The summed E-state index contributed by atoms with van der Waals surface area (Å²) in [4.78, 5) is 4.38. The first-order valence-corrected chi connectivity index (χ1v) is 9.30. The van der Waals surface area contributed by atoms with Crippen molar-refractivity contribution < 1.29 is 24.8 Å². The van der Waals surface area contributed by atoms with Crippen LogP contribution in [0.3, 0.4) is 0 Å². The van der Waals surface area contributed by atoms with E-state index in [2.05, 4.69) is 10.3 Å². The Morgan fingerprint density at radius 3 is 2.32 bits per heavy atom. The predicted octanol–water partition coefficient (Wildman–Crippen LogP) is 0.583. The molecule has 0 bridgehead atoms. The van der Waals surface area contributed by atoms with Crippen LogP contribution in [0.1, 0.15) is 11.1 Å². The van der Waals surface area contributed by atoms with Gasteiger partial charge in [0.15, 0.2) is 6.10 Å². The van der Waals surface area contributed by atoms with Crippen LogP contribution in [-0.2, 0) is 22.6 Å². The van der Waals surface area contributed by atoms with Crippen LogP contribution in [-0.4, -0.2) is 57.9 Å². The van der Waals surface area contributed by atoms with Gasteiger partial charge in [-0.05, 0) is 11.1 Å². The molecule has 7 heteroatoms. The predicted molar refractivity (Wildman–Crippen MR) is 102 cm³/mol. The van der Waals surface area contributed by atoms with Crippen molar-refractivity contribution in [1.82, 2.24) is 5.32 Å². The van der Waals surface area contributed by atoms with Crippen LogP contribution in [0.5, 0.6) is 0 Å². The SMILES string of the molecule is O[C@H]1[C@H]2OC(NCc3ccccc3)=N[C@H]2[C@@](O)(COCc2ccccc2)[C@H]1O. The van der Waals surface area contributed by atoms with Gasteiger partial charge in [-0.1, -0.05) is 60.7 Å². The second-order valence-corrected chi connectivity index (χ2v) is 7.21. The van der Waals surface area contributed by atoms with Gasteiger partial charge in [0.1, 0.15) is 23.9 Å². The lowest BCUT2D eigenvalue weighted by atomic mass is 9.96. The molecular formula is C21H24N2O5. The van der Waals surface area contributed by atoms with E-state index < -0.39 is 30.0 Å². The fourth-order valence-corrected chi connectivity index (χ4v) is 3.66. The molecule has 1 saturated carbocycles. The summed E-state index contributed by atoms with van der Waals surface area (Å²) in [6.45, 7) is 0.619. The summed E-state index contributed by atoms with van der Waals surface area (Å²) in [7, 11) is 0. The normalized spacial score (nSPS) is 31.2. The van der Waals surface area contributed by atoms with Gasteiger partial charge in [-0.2, -0.15) is 0 Å². The van der Waals surface area contributed by atoms with Gasteiger partial charge >= 0.3 is 0 Å². The highest BCUT2D eigenvalue weighted by Crippen LogP contribution is 2.39. The third kappa shape index (κ3) is 3.62. The van der Waals surface area contributed by atoms with Crippen molar-refractivity contribution in [1.29, 1.82) is 0 Å². The highest BCUT2D eigenvalue weighted by Gasteiger charge is 2.63. The van der Waals surface area contributed by atoms with Crippen LogP contribution in [0.2, 0.25) is 0 Å². The van der Waals surface area contributed by atoms with Crippen LogP contribution in [0.4, 0.5) is 0 Å². The highest BCUT2D eigenvalue weighted by atomic mass is 16.5. The van der Waals surface area contributed by atoms with E-state index in [0.29, 0.717) is 6.54 Å². The topological polar surface area (TPSA) is 104 Å². The fraction of sp³-hybridized carbons (Fsp3) is 0.381. The molecule has 2 aromatic carbocycles. The van der Waals surface area contributed by atoms with E-state index in [1.165, 1.54) is 0 Å². The van der Waals surface area contributed by atoms with Crippen LogP contribution < -0.4 is 5.32 Å². The average molecular weight is 384 g/mol. The molecule has 7 nitrogen and oxygen atoms in total. The van der Waals surface area contributed by atoms with Gasteiger partial charge in [0, 0.05) is 6.54 Å². The summed E-state index contributed by atoms with van der Waals surface area (Å²) in [5, 5.41) is 34.8. The summed E-state index contributed by atoms with van der Waals surface area (Å²) >= 11 is 0. The van der Waals surface area contributed by atoms with Gasteiger partial charge in [0.2, 0.25) is 0 Å². The number of fused-ring (bicyclic) bond motifs is 1. The van der Waals surface area contributed by atoms with E-state index in [1.807, 2.05) is 60.7 Å². The van der Waals surface area contributed by atoms with E-state index in [0.717, 1.165) is 11.1 Å². The Morgan fingerprint density at radius 1 is 1.00 bits per heavy atom. The minimum atomic E-state index is -1.73. The first-order chi connectivity index (χ1) is 13.6. The third-order valence-electron chi connectivity index (χ3n) is 5.23. The van der Waals surface area contributed by atoms with Crippen molar-refractivity contribution in [2.45, 2.75) is 43.1 Å². The van der Waals surface area contributed by atoms with Gasteiger partial charge in [0.25, 0.3) is 6.02 Å². The minimum Gasteiger partial charge on any atom is -0.457 e. The van der Waals surface area contributed by atoms with Crippen molar-refractivity contribution in [3.63, 3.8) is 0 Å². The lowest BCUT2D eigenvalue weighted by molar-refractivity contribution is -0.132. The molecule has 1 fully saturated rings. The Labute approximate surface area is 163 Å². The molecule has 0 aromatic heterocycles. The first kappa shape index (κ1) is 18.9. The number of hydrogen-bond donors (Lipinski definition) is 4. The number of rotatable bonds is 6. The van der Waals surface area contributed by atoms with E-state index in [9.17, 15) is 15.3 Å². The molecule has 0 unspecified atom stereocenters. The fourth-order valence-electron chi connectivity index (χ4n) is 3.66. The van der Waals surface area contributed by atoms with Crippen molar-refractivity contribution in [2.24, 2.45) is 4.99 Å². The van der Waals surface area contributed by atoms with Gasteiger partial charge in [0.05, 0.1) is 13.2 Å². The Kier molecular flexibility index (Phi) is 5.32. The van der Waals surface area contributed by atoms with E-state index in [4.69, 9.17) is 9.47 Å². The van der Waals surface area contributed by atoms with Gasteiger partial charge in [-0.25, -0.2) is 4.99 Å². The molecule has 2 aromatic rings. The van der Waals surface area contributed by atoms with Crippen molar-refractivity contribution >= 4 is 6.02 Å². The maximum atomic E-state index is 11.0. The molecule has 1 aliphatic carbocycles. The summed E-state index contributed by atoms with van der Waals surface area (Å²) in [5.74, 6) is 0. The number of aliphatic hydroxyl groups is 3.